The van der Waals surface area contributed by atoms with Crippen LogP contribution in [0.2, 0.25) is 0 Å². The van der Waals surface area contributed by atoms with E-state index in [1.165, 1.54) is 23.5 Å². The first-order valence-electron chi connectivity index (χ1n) is 5.92. The van der Waals surface area contributed by atoms with E-state index in [1.807, 2.05) is 19.4 Å². The van der Waals surface area contributed by atoms with E-state index in [2.05, 4.69) is 15.6 Å². The molecule has 0 saturated carbocycles. The van der Waals surface area contributed by atoms with Crippen molar-refractivity contribution in [3.05, 3.63) is 35.3 Å². The lowest BCUT2D eigenvalue weighted by molar-refractivity contribution is 0.598. The minimum Gasteiger partial charge on any atom is -0.332 e. The summed E-state index contributed by atoms with van der Waals surface area (Å²) in [7, 11) is -1.77. The summed E-state index contributed by atoms with van der Waals surface area (Å²) in [6.45, 7) is 2.03. The predicted octanol–water partition coefficient (Wildman–Crippen LogP) is 1.81. The van der Waals surface area contributed by atoms with Crippen LogP contribution in [0, 0.1) is 0 Å². The molecule has 1 atom stereocenters. The monoisotopic (exact) mass is 312 g/mol. The Morgan fingerprint density at radius 3 is 2.50 bits per heavy atom. The molecule has 1 unspecified atom stereocenters. The SMILES string of the molecule is CNC(C)c1csc(Nc2ccc(S(N)(=O)=O)cc2)n1. The van der Waals surface area contributed by atoms with Crippen LogP contribution in [0.3, 0.4) is 0 Å². The number of benzene rings is 1. The fraction of sp³-hybridized carbons (Fsp3) is 0.250. The van der Waals surface area contributed by atoms with E-state index < -0.39 is 10.0 Å². The van der Waals surface area contributed by atoms with Crippen molar-refractivity contribution in [1.29, 1.82) is 0 Å². The molecule has 1 aromatic heterocycles. The van der Waals surface area contributed by atoms with Crippen LogP contribution in [0.25, 0.3) is 0 Å². The number of nitrogens with zero attached hydrogens (tertiary/aromatic N) is 1. The van der Waals surface area contributed by atoms with Gasteiger partial charge in [-0.25, -0.2) is 18.5 Å². The van der Waals surface area contributed by atoms with Crippen LogP contribution in [-0.4, -0.2) is 20.4 Å². The largest absolute Gasteiger partial charge is 0.332 e. The maximum atomic E-state index is 11.2. The maximum Gasteiger partial charge on any atom is 0.238 e. The molecule has 8 heteroatoms. The molecule has 0 aliphatic heterocycles. The molecule has 2 rings (SSSR count). The highest BCUT2D eigenvalue weighted by Gasteiger charge is 2.09. The summed E-state index contributed by atoms with van der Waals surface area (Å²) in [5.41, 5.74) is 1.72. The highest BCUT2D eigenvalue weighted by atomic mass is 32.2. The summed E-state index contributed by atoms with van der Waals surface area (Å²) in [5, 5.41) is 14.0. The Balaban J connectivity index is 2.12. The Bertz CT molecular complexity index is 680. The molecule has 2 aromatic rings. The normalized spacial score (nSPS) is 13.2. The van der Waals surface area contributed by atoms with Crippen molar-refractivity contribution in [2.45, 2.75) is 17.9 Å². The summed E-state index contributed by atoms with van der Waals surface area (Å²) in [4.78, 5) is 4.54. The second-order valence-electron chi connectivity index (χ2n) is 4.28. The first-order chi connectivity index (χ1) is 9.40. The fourth-order valence-electron chi connectivity index (χ4n) is 1.54. The number of aromatic nitrogens is 1. The third-order valence-corrected chi connectivity index (χ3v) is 4.54. The predicted molar refractivity (Wildman–Crippen MR) is 80.7 cm³/mol. The molecule has 0 spiro atoms. The van der Waals surface area contributed by atoms with Gasteiger partial charge in [0.25, 0.3) is 0 Å². The molecule has 0 amide bonds. The fourth-order valence-corrected chi connectivity index (χ4v) is 2.88. The number of primary sulfonamides is 1. The molecule has 1 heterocycles. The minimum atomic E-state index is -3.65. The quantitative estimate of drug-likeness (QED) is 0.782. The third-order valence-electron chi connectivity index (χ3n) is 2.83. The molecule has 6 nitrogen and oxygen atoms in total. The van der Waals surface area contributed by atoms with Crippen LogP contribution in [0.4, 0.5) is 10.8 Å². The Kier molecular flexibility index (Phi) is 4.39. The molecular weight excluding hydrogens is 296 g/mol. The first-order valence-corrected chi connectivity index (χ1v) is 8.35. The second-order valence-corrected chi connectivity index (χ2v) is 6.70. The highest BCUT2D eigenvalue weighted by molar-refractivity contribution is 7.89. The number of anilines is 2. The standard InChI is InChI=1S/C12H16N4O2S2/c1-8(14-2)11-7-19-12(16-11)15-9-3-5-10(6-4-9)20(13,17)18/h3-8,14H,1-2H3,(H,15,16)(H2,13,17,18). The van der Waals surface area contributed by atoms with Gasteiger partial charge in [0.15, 0.2) is 5.13 Å². The molecule has 0 saturated heterocycles. The number of hydrogen-bond acceptors (Lipinski definition) is 6. The lowest BCUT2D eigenvalue weighted by Gasteiger charge is -2.06. The van der Waals surface area contributed by atoms with E-state index in [-0.39, 0.29) is 10.9 Å². The molecule has 20 heavy (non-hydrogen) atoms. The van der Waals surface area contributed by atoms with Gasteiger partial charge in [0, 0.05) is 17.1 Å². The van der Waals surface area contributed by atoms with Gasteiger partial charge in [-0.15, -0.1) is 11.3 Å². The molecule has 108 valence electrons. The molecule has 4 N–H and O–H groups in total. The average molecular weight is 312 g/mol. The van der Waals surface area contributed by atoms with E-state index in [1.54, 1.807) is 12.1 Å². The van der Waals surface area contributed by atoms with Crippen LogP contribution >= 0.6 is 11.3 Å². The Morgan fingerprint density at radius 1 is 1.30 bits per heavy atom. The van der Waals surface area contributed by atoms with E-state index in [9.17, 15) is 8.42 Å². The van der Waals surface area contributed by atoms with Gasteiger partial charge >= 0.3 is 0 Å². The van der Waals surface area contributed by atoms with Crippen molar-refractivity contribution in [2.75, 3.05) is 12.4 Å². The van der Waals surface area contributed by atoms with Gasteiger partial charge in [-0.1, -0.05) is 0 Å². The number of hydrogen-bond donors (Lipinski definition) is 3. The van der Waals surface area contributed by atoms with Crippen LogP contribution < -0.4 is 15.8 Å². The molecule has 1 aromatic carbocycles. The van der Waals surface area contributed by atoms with Crippen LogP contribution in [-0.2, 0) is 10.0 Å². The van der Waals surface area contributed by atoms with Gasteiger partial charge in [-0.05, 0) is 38.2 Å². The summed E-state index contributed by atoms with van der Waals surface area (Å²) >= 11 is 1.49. The van der Waals surface area contributed by atoms with Crippen LogP contribution in [0.15, 0.2) is 34.5 Å². The zero-order chi connectivity index (χ0) is 14.8. The first kappa shape index (κ1) is 14.9. The van der Waals surface area contributed by atoms with Gasteiger partial charge in [-0.3, -0.25) is 0 Å². The summed E-state index contributed by atoms with van der Waals surface area (Å²) in [5.74, 6) is 0. The van der Waals surface area contributed by atoms with E-state index in [0.29, 0.717) is 0 Å². The lowest BCUT2D eigenvalue weighted by atomic mass is 10.3. The Morgan fingerprint density at radius 2 is 1.95 bits per heavy atom. The van der Waals surface area contributed by atoms with Crippen molar-refractivity contribution in [3.8, 4) is 0 Å². The minimum absolute atomic E-state index is 0.0895. The highest BCUT2D eigenvalue weighted by Crippen LogP contribution is 2.24. The van der Waals surface area contributed by atoms with Gasteiger partial charge in [0.05, 0.1) is 10.6 Å². The third kappa shape index (κ3) is 3.54. The molecule has 0 fully saturated rings. The molecular formula is C12H16N4O2S2. The molecule has 0 aliphatic carbocycles. The Hall–Kier alpha value is -1.48. The summed E-state index contributed by atoms with van der Waals surface area (Å²) < 4.78 is 22.3. The number of nitrogens with two attached hydrogens (primary N) is 1. The smallest absolute Gasteiger partial charge is 0.238 e. The second kappa shape index (κ2) is 5.88. The van der Waals surface area contributed by atoms with Crippen molar-refractivity contribution in [3.63, 3.8) is 0 Å². The van der Waals surface area contributed by atoms with Crippen molar-refractivity contribution >= 4 is 32.2 Å². The number of nitrogens with one attached hydrogen (secondary N) is 2. The van der Waals surface area contributed by atoms with Crippen molar-refractivity contribution in [2.24, 2.45) is 5.14 Å². The van der Waals surface area contributed by atoms with Crippen molar-refractivity contribution in [1.82, 2.24) is 10.3 Å². The van der Waals surface area contributed by atoms with Gasteiger partial charge in [-0.2, -0.15) is 0 Å². The number of thiazole rings is 1. The van der Waals surface area contributed by atoms with E-state index >= 15 is 0 Å². The number of sulfonamides is 1. The Labute approximate surface area is 122 Å². The molecule has 0 radical (unpaired) electrons. The summed E-state index contributed by atoms with van der Waals surface area (Å²) in [6, 6.07) is 6.42. The zero-order valence-electron chi connectivity index (χ0n) is 11.1. The van der Waals surface area contributed by atoms with E-state index in [4.69, 9.17) is 5.14 Å². The lowest BCUT2D eigenvalue weighted by Crippen LogP contribution is -2.12. The summed E-state index contributed by atoms with van der Waals surface area (Å²) in [6.07, 6.45) is 0. The zero-order valence-corrected chi connectivity index (χ0v) is 12.8. The van der Waals surface area contributed by atoms with Gasteiger partial charge < -0.3 is 10.6 Å². The maximum absolute atomic E-state index is 11.2. The van der Waals surface area contributed by atoms with E-state index in [0.717, 1.165) is 16.5 Å². The molecule has 0 bridgehead atoms. The topological polar surface area (TPSA) is 97.1 Å². The van der Waals surface area contributed by atoms with Crippen LogP contribution in [0.5, 0.6) is 0 Å². The molecule has 0 aliphatic rings. The van der Waals surface area contributed by atoms with Crippen molar-refractivity contribution < 1.29 is 8.42 Å². The van der Waals surface area contributed by atoms with Gasteiger partial charge in [0.1, 0.15) is 0 Å². The van der Waals surface area contributed by atoms with Crippen LogP contribution in [0.1, 0.15) is 18.7 Å². The van der Waals surface area contributed by atoms with Gasteiger partial charge in [0.2, 0.25) is 10.0 Å². The average Bonchev–Trinajstić information content (AvgIpc) is 2.86. The number of rotatable bonds is 5.